The maximum Gasteiger partial charge on any atom is 0.278 e. The fourth-order valence-electron chi connectivity index (χ4n) is 3.44. The number of benzene rings is 2. The molecular formula is C24H20ClN3O3. The van der Waals surface area contributed by atoms with E-state index in [9.17, 15) is 9.59 Å². The van der Waals surface area contributed by atoms with Gasteiger partial charge in [-0.25, -0.2) is 0 Å². The van der Waals surface area contributed by atoms with Gasteiger partial charge in [0.05, 0.1) is 19.2 Å². The molecule has 0 radical (unpaired) electrons. The minimum Gasteiger partial charge on any atom is -0.497 e. The SMILES string of the molecule is COc1ccc(C2=C(Nc3ccc(Cl)cc3C)C(=O)N(Cc3cccnc3)C2=O)cc1. The topological polar surface area (TPSA) is 71.5 Å². The van der Waals surface area contributed by atoms with Crippen molar-refractivity contribution in [2.75, 3.05) is 12.4 Å². The second kappa shape index (κ2) is 8.62. The zero-order valence-corrected chi connectivity index (χ0v) is 17.8. The van der Waals surface area contributed by atoms with Gasteiger partial charge < -0.3 is 10.1 Å². The van der Waals surface area contributed by atoms with Crippen LogP contribution in [0.25, 0.3) is 5.57 Å². The summed E-state index contributed by atoms with van der Waals surface area (Å²) < 4.78 is 5.22. The van der Waals surface area contributed by atoms with Gasteiger partial charge in [0.1, 0.15) is 11.4 Å². The molecule has 1 N–H and O–H groups in total. The van der Waals surface area contributed by atoms with Crippen molar-refractivity contribution < 1.29 is 14.3 Å². The van der Waals surface area contributed by atoms with E-state index in [1.807, 2.05) is 13.0 Å². The fraction of sp³-hybridized carbons (Fsp3) is 0.125. The minimum atomic E-state index is -0.394. The van der Waals surface area contributed by atoms with E-state index in [2.05, 4.69) is 10.3 Å². The van der Waals surface area contributed by atoms with Crippen LogP contribution in [0.15, 0.2) is 72.7 Å². The summed E-state index contributed by atoms with van der Waals surface area (Å²) >= 11 is 6.07. The Hall–Kier alpha value is -3.64. The summed E-state index contributed by atoms with van der Waals surface area (Å²) in [6.45, 7) is 2.02. The summed E-state index contributed by atoms with van der Waals surface area (Å²) in [5, 5.41) is 3.77. The lowest BCUT2D eigenvalue weighted by atomic mass is 10.0. The largest absolute Gasteiger partial charge is 0.497 e. The molecule has 2 heterocycles. The molecule has 0 saturated carbocycles. The fourth-order valence-corrected chi connectivity index (χ4v) is 3.66. The van der Waals surface area contributed by atoms with Crippen LogP contribution in [-0.2, 0) is 16.1 Å². The third kappa shape index (κ3) is 4.15. The van der Waals surface area contributed by atoms with Crippen LogP contribution in [0.5, 0.6) is 5.75 Å². The predicted octanol–water partition coefficient (Wildman–Crippen LogP) is 4.44. The number of nitrogens with zero attached hydrogens (tertiary/aromatic N) is 2. The molecule has 1 aromatic heterocycles. The molecular weight excluding hydrogens is 414 g/mol. The third-order valence-electron chi connectivity index (χ3n) is 5.06. The van der Waals surface area contributed by atoms with Crippen LogP contribution in [0, 0.1) is 6.92 Å². The van der Waals surface area contributed by atoms with Gasteiger partial charge in [-0.1, -0.05) is 29.8 Å². The smallest absolute Gasteiger partial charge is 0.278 e. The van der Waals surface area contributed by atoms with E-state index in [0.717, 1.165) is 11.1 Å². The monoisotopic (exact) mass is 433 g/mol. The number of rotatable bonds is 6. The van der Waals surface area contributed by atoms with E-state index in [1.54, 1.807) is 68.0 Å². The number of carbonyl (C=O) groups excluding carboxylic acids is 2. The van der Waals surface area contributed by atoms with Crippen molar-refractivity contribution in [1.29, 1.82) is 0 Å². The quantitative estimate of drug-likeness (QED) is 0.582. The normalized spacial score (nSPS) is 13.7. The number of ether oxygens (including phenoxy) is 1. The molecule has 2 amide bonds. The van der Waals surface area contributed by atoms with Crippen molar-refractivity contribution >= 4 is 34.7 Å². The molecule has 1 aliphatic heterocycles. The van der Waals surface area contributed by atoms with Crippen molar-refractivity contribution in [2.24, 2.45) is 0 Å². The molecule has 0 fully saturated rings. The van der Waals surface area contributed by atoms with Gasteiger partial charge in [-0.3, -0.25) is 19.5 Å². The van der Waals surface area contributed by atoms with Crippen molar-refractivity contribution in [3.8, 4) is 5.75 Å². The molecule has 0 atom stereocenters. The van der Waals surface area contributed by atoms with Gasteiger partial charge in [-0.05, 0) is 60.0 Å². The number of nitrogens with one attached hydrogen (secondary N) is 1. The van der Waals surface area contributed by atoms with Crippen molar-refractivity contribution in [3.05, 3.63) is 94.4 Å². The first-order chi connectivity index (χ1) is 15.0. The molecule has 7 heteroatoms. The highest BCUT2D eigenvalue weighted by molar-refractivity contribution is 6.36. The number of aryl methyl sites for hydroxylation is 1. The maximum absolute atomic E-state index is 13.3. The number of halogens is 1. The molecule has 0 aliphatic carbocycles. The number of imide groups is 1. The van der Waals surface area contributed by atoms with E-state index in [0.29, 0.717) is 27.6 Å². The van der Waals surface area contributed by atoms with Gasteiger partial charge in [-0.2, -0.15) is 0 Å². The average Bonchev–Trinajstić information content (AvgIpc) is 3.00. The molecule has 2 aromatic carbocycles. The van der Waals surface area contributed by atoms with Crippen LogP contribution >= 0.6 is 11.6 Å². The highest BCUT2D eigenvalue weighted by Crippen LogP contribution is 2.33. The molecule has 0 unspecified atom stereocenters. The molecule has 3 aromatic rings. The lowest BCUT2D eigenvalue weighted by Crippen LogP contribution is -2.32. The summed E-state index contributed by atoms with van der Waals surface area (Å²) in [4.78, 5) is 32.0. The Morgan fingerprint density at radius 1 is 1.06 bits per heavy atom. The van der Waals surface area contributed by atoms with Gasteiger partial charge in [0.25, 0.3) is 11.8 Å². The number of methoxy groups -OCH3 is 1. The van der Waals surface area contributed by atoms with Crippen molar-refractivity contribution in [1.82, 2.24) is 9.88 Å². The Kier molecular flexibility index (Phi) is 5.73. The first-order valence-electron chi connectivity index (χ1n) is 9.65. The first-order valence-corrected chi connectivity index (χ1v) is 10.0. The van der Waals surface area contributed by atoms with Crippen LogP contribution in [0.1, 0.15) is 16.7 Å². The van der Waals surface area contributed by atoms with Crippen LogP contribution in [0.3, 0.4) is 0 Å². The summed E-state index contributed by atoms with van der Waals surface area (Å²) in [6.07, 6.45) is 3.29. The van der Waals surface area contributed by atoms with Gasteiger partial charge >= 0.3 is 0 Å². The summed E-state index contributed by atoms with van der Waals surface area (Å²) in [7, 11) is 1.57. The summed E-state index contributed by atoms with van der Waals surface area (Å²) in [5.41, 5.74) is 3.49. The average molecular weight is 434 g/mol. The predicted molar refractivity (Wildman–Crippen MR) is 120 cm³/mol. The van der Waals surface area contributed by atoms with E-state index in [4.69, 9.17) is 16.3 Å². The Morgan fingerprint density at radius 3 is 2.48 bits per heavy atom. The number of hydrogen-bond acceptors (Lipinski definition) is 5. The Morgan fingerprint density at radius 2 is 1.84 bits per heavy atom. The molecule has 0 saturated heterocycles. The zero-order valence-electron chi connectivity index (χ0n) is 17.1. The van der Waals surface area contributed by atoms with Crippen LogP contribution < -0.4 is 10.1 Å². The molecule has 0 spiro atoms. The van der Waals surface area contributed by atoms with E-state index >= 15 is 0 Å². The first kappa shape index (κ1) is 20.6. The second-order valence-corrected chi connectivity index (χ2v) is 7.56. The standard InChI is InChI=1S/C24H20ClN3O3/c1-15-12-18(25)7-10-20(15)27-22-21(17-5-8-19(31-2)9-6-17)23(29)28(24(22)30)14-16-4-3-11-26-13-16/h3-13,27H,14H2,1-2H3. The Labute approximate surface area is 185 Å². The molecule has 0 bridgehead atoms. The number of anilines is 1. The number of aromatic nitrogens is 1. The van der Waals surface area contributed by atoms with Gasteiger partial charge in [-0.15, -0.1) is 0 Å². The minimum absolute atomic E-state index is 0.135. The Balaban J connectivity index is 1.76. The number of hydrogen-bond donors (Lipinski definition) is 1. The number of carbonyl (C=O) groups is 2. The lowest BCUT2D eigenvalue weighted by molar-refractivity contribution is -0.137. The molecule has 1 aliphatic rings. The second-order valence-electron chi connectivity index (χ2n) is 7.12. The van der Waals surface area contributed by atoms with Gasteiger partial charge in [0, 0.05) is 23.1 Å². The van der Waals surface area contributed by atoms with E-state index in [-0.39, 0.29) is 18.1 Å². The van der Waals surface area contributed by atoms with Gasteiger partial charge in [0.2, 0.25) is 0 Å². The van der Waals surface area contributed by atoms with Crippen LogP contribution in [0.2, 0.25) is 5.02 Å². The molecule has 4 rings (SSSR count). The van der Waals surface area contributed by atoms with E-state index in [1.165, 1.54) is 4.90 Å². The third-order valence-corrected chi connectivity index (χ3v) is 5.29. The lowest BCUT2D eigenvalue weighted by Gasteiger charge is -2.15. The highest BCUT2D eigenvalue weighted by Gasteiger charge is 2.39. The molecule has 6 nitrogen and oxygen atoms in total. The van der Waals surface area contributed by atoms with Crippen molar-refractivity contribution in [2.45, 2.75) is 13.5 Å². The van der Waals surface area contributed by atoms with Crippen molar-refractivity contribution in [3.63, 3.8) is 0 Å². The van der Waals surface area contributed by atoms with Crippen LogP contribution in [-0.4, -0.2) is 28.8 Å². The summed E-state index contributed by atoms with van der Waals surface area (Å²) in [6, 6.07) is 16.0. The zero-order chi connectivity index (χ0) is 22.0. The highest BCUT2D eigenvalue weighted by atomic mass is 35.5. The van der Waals surface area contributed by atoms with Gasteiger partial charge in [0.15, 0.2) is 0 Å². The molecule has 156 valence electrons. The van der Waals surface area contributed by atoms with Crippen LogP contribution in [0.4, 0.5) is 5.69 Å². The number of amides is 2. The molecule has 31 heavy (non-hydrogen) atoms. The number of pyridine rings is 1. The van der Waals surface area contributed by atoms with E-state index < -0.39 is 5.91 Å². The maximum atomic E-state index is 13.3. The Bertz CT molecular complexity index is 1170. The summed E-state index contributed by atoms with van der Waals surface area (Å²) in [5.74, 6) is -0.0986.